The summed E-state index contributed by atoms with van der Waals surface area (Å²) >= 11 is 5.58. The summed E-state index contributed by atoms with van der Waals surface area (Å²) in [5, 5.41) is 133. The number of anilines is 1. The van der Waals surface area contributed by atoms with Crippen LogP contribution < -0.4 is 21.4 Å². The minimum Gasteiger partial charge on any atom is -0.508 e. The molecule has 24 atom stereocenters. The van der Waals surface area contributed by atoms with Crippen LogP contribution in [0.15, 0.2) is 75.5 Å². The van der Waals surface area contributed by atoms with Crippen LogP contribution in [0.5, 0.6) is 5.75 Å². The molecule has 0 bridgehead atoms. The van der Waals surface area contributed by atoms with Crippen molar-refractivity contribution in [3.8, 4) is 28.2 Å². The van der Waals surface area contributed by atoms with Gasteiger partial charge >= 0.3 is 11.9 Å². The number of amides is 1. The highest BCUT2D eigenvalue weighted by Crippen LogP contribution is 2.76. The molecule has 101 heavy (non-hydrogen) atoms. The molecule has 2 aromatic carbocycles. The maximum Gasteiger partial charge on any atom is 0.336 e. The number of carbonyl (C=O) groups is 4. The molecule has 27 heteroatoms. The Morgan fingerprint density at radius 1 is 0.752 bits per heavy atom. The Balaban J connectivity index is 0.737. The summed E-state index contributed by atoms with van der Waals surface area (Å²) in [6.45, 7) is 13.4. The molecule has 0 aromatic heterocycles. The third-order valence-electron chi connectivity index (χ3n) is 25.1. The van der Waals surface area contributed by atoms with E-state index in [1.807, 2.05) is 6.92 Å². The average Bonchev–Trinajstić information content (AvgIpc) is 0.671. The molecule has 3 saturated heterocycles. The van der Waals surface area contributed by atoms with Crippen LogP contribution >= 0.6 is 12.2 Å². The molecule has 4 aliphatic heterocycles. The van der Waals surface area contributed by atoms with Gasteiger partial charge in [-0.1, -0.05) is 65.7 Å². The van der Waals surface area contributed by atoms with Gasteiger partial charge in [0.05, 0.1) is 48.5 Å². The standard InChI is InChI=1S/C74H97N3O23S/c1-35-61(98-64-59(89)56(86)45(82)33-94-64)58(88)60(90)65(95-35)99-62-57(87)55(77-53(85)11-9-8-10-26-75-68(101)76-36-12-15-39(42(27-36)63(91)92)54-40-16-13-37(80)28-46(40)96-47-29-38(81)14-17-41(47)54)48(32-78)97-66(62)100-67(93)74-25-24-69(2,3)30-44(74)43-18-19-50-70(4)22-21-51(83)71(5,34-79)49(70)20-23-72(50,6)73(43,7)31-52(74)84/h12-18,27-29,34-35,44-45,48-52,55-62,64-66,78,80,82-84,86-90H,8-11,19-26,30-33H2,1-7H3,(H,77,85)(H,91,92)(H2,75,76,101)/t35?,44?,45-,48?,49-,50?,51+,52-,55+,56?,57?,58?,59?,60?,61+,62?,64+,65+,66+,70?,71?,72+,73-,74-/m1/s1. The highest BCUT2D eigenvalue weighted by Gasteiger charge is 2.72. The number of allylic oxidation sites excluding steroid dienone is 2. The van der Waals surface area contributed by atoms with E-state index in [0.717, 1.165) is 18.3 Å². The normalized spacial score (nSPS) is 39.6. The van der Waals surface area contributed by atoms with Gasteiger partial charge in [-0.2, -0.15) is 0 Å². The molecule has 26 nitrogen and oxygen atoms in total. The fourth-order valence-electron chi connectivity index (χ4n) is 19.2. The molecule has 552 valence electrons. The van der Waals surface area contributed by atoms with Gasteiger partial charge in [0.25, 0.3) is 0 Å². The maximum absolute atomic E-state index is 15.8. The molecule has 14 N–H and O–H groups in total. The molecular formula is C74H97N3O23S. The van der Waals surface area contributed by atoms with Gasteiger partial charge in [-0.25, -0.2) is 4.79 Å². The second kappa shape index (κ2) is 28.4. The van der Waals surface area contributed by atoms with Crippen LogP contribution in [0.4, 0.5) is 5.69 Å². The molecule has 12 unspecified atom stereocenters. The Morgan fingerprint density at radius 2 is 1.49 bits per heavy atom. The number of phenols is 1. The largest absolute Gasteiger partial charge is 0.508 e. The summed E-state index contributed by atoms with van der Waals surface area (Å²) in [6.07, 6.45) is -14.9. The number of benzene rings is 3. The van der Waals surface area contributed by atoms with Crippen molar-refractivity contribution in [2.75, 3.05) is 25.1 Å². The first kappa shape index (κ1) is 74.6. The van der Waals surface area contributed by atoms with Crippen LogP contribution in [0, 0.1) is 50.2 Å². The van der Waals surface area contributed by atoms with E-state index in [1.165, 1.54) is 37.3 Å². The molecule has 7 fully saturated rings. The molecule has 6 aliphatic carbocycles. The first-order chi connectivity index (χ1) is 47.7. The van der Waals surface area contributed by atoms with Crippen LogP contribution in [0.2, 0.25) is 0 Å². The van der Waals surface area contributed by atoms with Gasteiger partial charge in [0.15, 0.2) is 29.2 Å². The number of carboxylic acid groups (broad SMARTS) is 1. The summed E-state index contributed by atoms with van der Waals surface area (Å²) < 4.78 is 42.6. The lowest BCUT2D eigenvalue weighted by Crippen LogP contribution is -2.69. The van der Waals surface area contributed by atoms with Crippen molar-refractivity contribution < 1.29 is 108 Å². The number of phenolic OH excluding ortho intramolecular Hbond substituents is 1. The molecule has 0 radical (unpaired) electrons. The van der Waals surface area contributed by atoms with Gasteiger partial charge in [0.1, 0.15) is 77.6 Å². The lowest BCUT2D eigenvalue weighted by molar-refractivity contribution is -0.370. The van der Waals surface area contributed by atoms with Gasteiger partial charge in [0, 0.05) is 47.3 Å². The van der Waals surface area contributed by atoms with Crippen LogP contribution in [0.25, 0.3) is 33.4 Å². The Bertz CT molecular complexity index is 3850. The smallest absolute Gasteiger partial charge is 0.336 e. The molecule has 4 heterocycles. The molecule has 2 aromatic rings. The number of hydrogen-bond donors (Lipinski definition) is 14. The summed E-state index contributed by atoms with van der Waals surface area (Å²) in [5.74, 6) is -3.14. The predicted octanol–water partition coefficient (Wildman–Crippen LogP) is 4.91. The Kier molecular flexibility index (Phi) is 21.0. The van der Waals surface area contributed by atoms with Crippen molar-refractivity contribution in [2.24, 2.45) is 50.2 Å². The third-order valence-corrected chi connectivity index (χ3v) is 25.3. The quantitative estimate of drug-likeness (QED) is 0.0157. The average molecular weight is 1430 g/mol. The van der Waals surface area contributed by atoms with Crippen LogP contribution in [0.1, 0.15) is 142 Å². The summed E-state index contributed by atoms with van der Waals surface area (Å²) in [6, 6.07) is 11.9. The Hall–Kier alpha value is -6.12. The minimum atomic E-state index is -2.00. The van der Waals surface area contributed by atoms with E-state index in [0.29, 0.717) is 92.1 Å². The van der Waals surface area contributed by atoms with Crippen molar-refractivity contribution >= 4 is 58.1 Å². The zero-order chi connectivity index (χ0) is 72.8. The number of ether oxygens (including phenoxy) is 6. The Morgan fingerprint density at radius 3 is 2.22 bits per heavy atom. The van der Waals surface area contributed by atoms with Crippen molar-refractivity contribution in [3.63, 3.8) is 0 Å². The van der Waals surface area contributed by atoms with Crippen molar-refractivity contribution in [1.29, 1.82) is 0 Å². The van der Waals surface area contributed by atoms with E-state index in [9.17, 15) is 75.3 Å². The summed E-state index contributed by atoms with van der Waals surface area (Å²) in [5.41, 5.74) is -1.69. The molecular weight excluding hydrogens is 1330 g/mol. The topological polar surface area (TPSA) is 412 Å². The first-order valence-electron chi connectivity index (χ1n) is 35.3. The first-order valence-corrected chi connectivity index (χ1v) is 35.7. The monoisotopic (exact) mass is 1430 g/mol. The number of esters is 1. The number of rotatable bonds is 18. The number of aromatic hydroxyl groups is 1. The van der Waals surface area contributed by atoms with Crippen LogP contribution in [0.3, 0.4) is 0 Å². The highest BCUT2D eigenvalue weighted by atomic mass is 32.1. The van der Waals surface area contributed by atoms with E-state index in [1.54, 1.807) is 24.3 Å². The molecule has 1 amide bonds. The fourth-order valence-corrected chi connectivity index (χ4v) is 19.4. The minimum absolute atomic E-state index is 0.0691. The number of carboxylic acids is 1. The maximum atomic E-state index is 15.8. The van der Waals surface area contributed by atoms with Crippen molar-refractivity contribution in [3.05, 3.63) is 82.0 Å². The number of aldehydes is 1. The number of nitrogens with one attached hydrogen (secondary N) is 3. The lowest BCUT2D eigenvalue weighted by atomic mass is 9.33. The third kappa shape index (κ3) is 13.2. The number of aliphatic hydroxyl groups excluding tert-OH is 9. The van der Waals surface area contributed by atoms with E-state index < -0.39 is 157 Å². The number of carbonyl (C=O) groups excluding carboxylic acids is 3. The van der Waals surface area contributed by atoms with Crippen LogP contribution in [-0.2, 0) is 42.8 Å². The van der Waals surface area contributed by atoms with E-state index in [-0.39, 0.29) is 75.1 Å². The zero-order valence-electron chi connectivity index (χ0n) is 57.9. The van der Waals surface area contributed by atoms with Gasteiger partial charge in [0.2, 0.25) is 12.2 Å². The van der Waals surface area contributed by atoms with Crippen LogP contribution in [-0.4, -0.2) is 203 Å². The van der Waals surface area contributed by atoms with Gasteiger partial charge in [-0.15, -0.1) is 0 Å². The number of aliphatic hydroxyl groups is 9. The number of fused-ring (bicyclic) bond motifs is 9. The van der Waals surface area contributed by atoms with Crippen molar-refractivity contribution in [2.45, 2.75) is 230 Å². The van der Waals surface area contributed by atoms with Gasteiger partial charge in [-0.3, -0.25) is 14.4 Å². The fraction of sp³-hybridized carbons (Fsp3) is 0.649. The molecule has 4 saturated carbocycles. The Labute approximate surface area is 590 Å². The molecule has 12 rings (SSSR count). The summed E-state index contributed by atoms with van der Waals surface area (Å²) in [7, 11) is 0. The van der Waals surface area contributed by atoms with Gasteiger partial charge in [-0.05, 0) is 171 Å². The number of hydrogen-bond acceptors (Lipinski definition) is 23. The number of thiocarbonyl (C=S) groups is 1. The second-order valence-electron chi connectivity index (χ2n) is 31.4. The number of unbranched alkanes of at least 4 members (excludes halogenated alkanes) is 2. The summed E-state index contributed by atoms with van der Waals surface area (Å²) in [4.78, 5) is 67.9. The van der Waals surface area contributed by atoms with Gasteiger partial charge < -0.3 is 110 Å². The van der Waals surface area contributed by atoms with E-state index in [4.69, 9.17) is 45.1 Å². The molecule has 0 spiro atoms. The SMILES string of the molecule is CC1O[C@@H](OC2C(O)[C@@H](NC(=O)CCCCCNC(=S)Nc3ccc(-c4c5ccc(=O)cc-5oc5cc(O)ccc45)c(C(=O)O)c3)C(CO)O[C@H]2OC(=O)[C@]23CCC(C)(C)CC2C2=CCC4C5(C)CC[C@H](O)C(C)(C=O)[C@@H]5CC[C@]4(C)[C@]2(C)C[C@H]3O)C(O)C(O)[C@H]1O[C@@H]1OC[C@@H](O)C(O)C1O. The lowest BCUT2D eigenvalue weighted by Gasteiger charge is -2.71. The zero-order valence-corrected chi connectivity index (χ0v) is 58.7. The molecule has 10 aliphatic rings. The second-order valence-corrected chi connectivity index (χ2v) is 31.9. The van der Waals surface area contributed by atoms with Crippen molar-refractivity contribution in [1.82, 2.24) is 10.6 Å². The predicted molar refractivity (Wildman–Crippen MR) is 366 cm³/mol. The number of aromatic carboxylic acids is 1. The van der Waals surface area contributed by atoms with E-state index >= 15 is 4.79 Å². The van der Waals surface area contributed by atoms with E-state index in [2.05, 4.69) is 56.6 Å². The highest BCUT2D eigenvalue weighted by molar-refractivity contribution is 7.80.